The Morgan fingerprint density at radius 3 is 2.47 bits per heavy atom. The zero-order chi connectivity index (χ0) is 24.2. The molecule has 0 atom stereocenters. The van der Waals surface area contributed by atoms with Crippen LogP contribution < -0.4 is 9.47 Å². The number of aromatic nitrogens is 2. The molecule has 0 radical (unpaired) electrons. The maximum atomic E-state index is 13.2. The molecule has 0 spiro atoms. The van der Waals surface area contributed by atoms with Gasteiger partial charge in [-0.05, 0) is 63.5 Å². The van der Waals surface area contributed by atoms with Gasteiger partial charge in [0.05, 0.1) is 33.0 Å². The highest BCUT2D eigenvalue weighted by Crippen LogP contribution is 2.32. The van der Waals surface area contributed by atoms with Crippen LogP contribution in [0.5, 0.6) is 11.5 Å². The molecule has 2 aromatic carbocycles. The SMILES string of the molecule is COc1ccc(OC)c(CN(C(=O)C=Cc2c(C)nn(Cc3ccc(C)cc3)c2C)C2CC2)c1. The number of amides is 1. The molecular formula is C28H33N3O3. The van der Waals surface area contributed by atoms with Gasteiger partial charge < -0.3 is 14.4 Å². The molecule has 1 saturated carbocycles. The molecule has 0 saturated heterocycles. The van der Waals surface area contributed by atoms with Crippen molar-refractivity contribution in [3.63, 3.8) is 0 Å². The number of hydrogen-bond donors (Lipinski definition) is 0. The second kappa shape index (κ2) is 10.2. The van der Waals surface area contributed by atoms with Crippen LogP contribution in [-0.4, -0.2) is 40.8 Å². The highest BCUT2D eigenvalue weighted by Gasteiger charge is 2.32. The summed E-state index contributed by atoms with van der Waals surface area (Å²) >= 11 is 0. The summed E-state index contributed by atoms with van der Waals surface area (Å²) in [5.41, 5.74) is 6.35. The molecule has 3 aromatic rings. The van der Waals surface area contributed by atoms with E-state index in [1.807, 2.05) is 40.8 Å². The van der Waals surface area contributed by atoms with Crippen molar-refractivity contribution in [2.45, 2.75) is 52.7 Å². The van der Waals surface area contributed by atoms with Gasteiger partial charge in [0.15, 0.2) is 0 Å². The van der Waals surface area contributed by atoms with Crippen LogP contribution in [-0.2, 0) is 17.9 Å². The standard InChI is InChI=1S/C28H33N3O3/c1-19-6-8-22(9-7-19)17-31-21(3)26(20(2)29-31)13-15-28(32)30(24-10-11-24)18-23-16-25(33-4)12-14-27(23)34-5/h6-9,12-16,24H,10-11,17-18H2,1-5H3. The molecule has 34 heavy (non-hydrogen) atoms. The quantitative estimate of drug-likeness (QED) is 0.419. The minimum absolute atomic E-state index is 0.00235. The summed E-state index contributed by atoms with van der Waals surface area (Å²) < 4.78 is 12.9. The van der Waals surface area contributed by atoms with Crippen molar-refractivity contribution in [1.82, 2.24) is 14.7 Å². The molecule has 6 heteroatoms. The Hall–Kier alpha value is -3.54. The fraction of sp³-hybridized carbons (Fsp3) is 0.357. The van der Waals surface area contributed by atoms with Crippen LogP contribution in [0.3, 0.4) is 0 Å². The van der Waals surface area contributed by atoms with Gasteiger partial charge in [-0.2, -0.15) is 5.10 Å². The minimum Gasteiger partial charge on any atom is -0.497 e. The Morgan fingerprint density at radius 1 is 1.09 bits per heavy atom. The van der Waals surface area contributed by atoms with Gasteiger partial charge in [0.1, 0.15) is 11.5 Å². The van der Waals surface area contributed by atoms with Crippen LogP contribution in [0.1, 0.15) is 46.5 Å². The largest absolute Gasteiger partial charge is 0.497 e. The summed E-state index contributed by atoms with van der Waals surface area (Å²) in [6.07, 6.45) is 5.64. The second-order valence-electron chi connectivity index (χ2n) is 8.94. The summed E-state index contributed by atoms with van der Waals surface area (Å²) in [5.74, 6) is 1.51. The Balaban J connectivity index is 1.52. The number of nitrogens with zero attached hydrogens (tertiary/aromatic N) is 3. The lowest BCUT2D eigenvalue weighted by atomic mass is 10.1. The van der Waals surface area contributed by atoms with E-state index in [0.717, 1.165) is 46.9 Å². The molecule has 1 heterocycles. The van der Waals surface area contributed by atoms with E-state index in [0.29, 0.717) is 13.1 Å². The number of carbonyl (C=O) groups excluding carboxylic acids is 1. The van der Waals surface area contributed by atoms with E-state index >= 15 is 0 Å². The third-order valence-electron chi connectivity index (χ3n) is 6.38. The van der Waals surface area contributed by atoms with E-state index in [1.165, 1.54) is 11.1 Å². The van der Waals surface area contributed by atoms with E-state index in [2.05, 4.69) is 38.1 Å². The summed E-state index contributed by atoms with van der Waals surface area (Å²) in [6, 6.07) is 14.4. The molecule has 1 amide bonds. The van der Waals surface area contributed by atoms with Crippen molar-refractivity contribution in [1.29, 1.82) is 0 Å². The van der Waals surface area contributed by atoms with Crippen LogP contribution in [0.25, 0.3) is 6.08 Å². The summed E-state index contributed by atoms with van der Waals surface area (Å²) in [4.78, 5) is 15.2. The number of carbonyl (C=O) groups is 1. The molecule has 6 nitrogen and oxygen atoms in total. The molecule has 0 N–H and O–H groups in total. The molecule has 1 fully saturated rings. The van der Waals surface area contributed by atoms with E-state index in [4.69, 9.17) is 14.6 Å². The number of ether oxygens (including phenoxy) is 2. The molecule has 4 rings (SSSR count). The Bertz CT molecular complexity index is 1190. The summed E-state index contributed by atoms with van der Waals surface area (Å²) in [7, 11) is 3.29. The third kappa shape index (κ3) is 5.33. The predicted octanol–water partition coefficient (Wildman–Crippen LogP) is 5.08. The summed E-state index contributed by atoms with van der Waals surface area (Å²) in [6.45, 7) is 7.32. The van der Waals surface area contributed by atoms with Crippen LogP contribution in [0.15, 0.2) is 48.5 Å². The second-order valence-corrected chi connectivity index (χ2v) is 8.94. The first kappa shape index (κ1) is 23.6. The highest BCUT2D eigenvalue weighted by atomic mass is 16.5. The first-order chi connectivity index (χ1) is 16.4. The fourth-order valence-electron chi connectivity index (χ4n) is 4.18. The van der Waals surface area contributed by atoms with Gasteiger partial charge in [0, 0.05) is 28.9 Å². The molecule has 0 bridgehead atoms. The van der Waals surface area contributed by atoms with Crippen molar-refractivity contribution in [3.8, 4) is 11.5 Å². The normalized spacial score (nSPS) is 13.3. The summed E-state index contributed by atoms with van der Waals surface area (Å²) in [5, 5.41) is 4.72. The topological polar surface area (TPSA) is 56.6 Å². The number of hydrogen-bond acceptors (Lipinski definition) is 4. The maximum absolute atomic E-state index is 13.2. The van der Waals surface area contributed by atoms with Crippen molar-refractivity contribution < 1.29 is 14.3 Å². The van der Waals surface area contributed by atoms with Crippen LogP contribution >= 0.6 is 0 Å². The van der Waals surface area contributed by atoms with Gasteiger partial charge in [0.25, 0.3) is 0 Å². The number of aryl methyl sites for hydroxylation is 2. The molecule has 1 aliphatic carbocycles. The monoisotopic (exact) mass is 459 g/mol. The van der Waals surface area contributed by atoms with E-state index < -0.39 is 0 Å². The third-order valence-corrected chi connectivity index (χ3v) is 6.38. The number of rotatable bonds is 9. The fourth-order valence-corrected chi connectivity index (χ4v) is 4.18. The van der Waals surface area contributed by atoms with Gasteiger partial charge in [0.2, 0.25) is 5.91 Å². The van der Waals surface area contributed by atoms with E-state index in [9.17, 15) is 4.79 Å². The lowest BCUT2D eigenvalue weighted by molar-refractivity contribution is -0.127. The van der Waals surface area contributed by atoms with E-state index in [1.54, 1.807) is 20.3 Å². The van der Waals surface area contributed by atoms with Gasteiger partial charge in [-0.25, -0.2) is 0 Å². The van der Waals surface area contributed by atoms with Gasteiger partial charge in [-0.15, -0.1) is 0 Å². The maximum Gasteiger partial charge on any atom is 0.247 e. The Kier molecular flexibility index (Phi) is 7.06. The highest BCUT2D eigenvalue weighted by molar-refractivity contribution is 5.92. The van der Waals surface area contributed by atoms with Gasteiger partial charge >= 0.3 is 0 Å². The van der Waals surface area contributed by atoms with Crippen molar-refractivity contribution in [3.05, 3.63) is 82.2 Å². The zero-order valence-corrected chi connectivity index (χ0v) is 20.7. The van der Waals surface area contributed by atoms with Crippen molar-refractivity contribution >= 4 is 12.0 Å². The smallest absolute Gasteiger partial charge is 0.247 e. The van der Waals surface area contributed by atoms with Crippen molar-refractivity contribution in [2.24, 2.45) is 0 Å². The zero-order valence-electron chi connectivity index (χ0n) is 20.7. The Labute approximate surface area is 201 Å². The van der Waals surface area contributed by atoms with Crippen LogP contribution in [0.4, 0.5) is 0 Å². The average Bonchev–Trinajstić information content (AvgIpc) is 3.64. The molecule has 1 aromatic heterocycles. The average molecular weight is 460 g/mol. The van der Waals surface area contributed by atoms with Crippen LogP contribution in [0, 0.1) is 20.8 Å². The minimum atomic E-state index is -0.00235. The first-order valence-corrected chi connectivity index (χ1v) is 11.7. The molecular weight excluding hydrogens is 426 g/mol. The lowest BCUT2D eigenvalue weighted by Crippen LogP contribution is -2.31. The Morgan fingerprint density at radius 2 is 1.82 bits per heavy atom. The molecule has 178 valence electrons. The molecule has 0 aliphatic heterocycles. The number of benzene rings is 2. The lowest BCUT2D eigenvalue weighted by Gasteiger charge is -2.22. The molecule has 1 aliphatic rings. The van der Waals surface area contributed by atoms with Gasteiger partial charge in [-0.1, -0.05) is 29.8 Å². The van der Waals surface area contributed by atoms with Gasteiger partial charge in [-0.3, -0.25) is 9.48 Å². The van der Waals surface area contributed by atoms with Crippen LogP contribution in [0.2, 0.25) is 0 Å². The number of methoxy groups -OCH3 is 2. The first-order valence-electron chi connectivity index (χ1n) is 11.7. The predicted molar refractivity (Wildman–Crippen MR) is 134 cm³/mol. The molecule has 0 unspecified atom stereocenters. The van der Waals surface area contributed by atoms with E-state index in [-0.39, 0.29) is 11.9 Å². The van der Waals surface area contributed by atoms with Crippen molar-refractivity contribution in [2.75, 3.05) is 14.2 Å².